The van der Waals surface area contributed by atoms with E-state index in [0.29, 0.717) is 0 Å². The van der Waals surface area contributed by atoms with Crippen molar-refractivity contribution in [3.05, 3.63) is 83.5 Å². The zero-order valence-corrected chi connectivity index (χ0v) is 49.2. The largest absolute Gasteiger partial charge is 0.457 e. The maximum absolute atomic E-state index is 13.7. The molecule has 0 spiro atoms. The fraction of sp³-hybridized carbons (Fsp3) is 0.233. The van der Waals surface area contributed by atoms with Gasteiger partial charge in [-0.2, -0.15) is 0 Å². The average molecular weight is 1250 g/mol. The molecule has 468 valence electrons. The van der Waals surface area contributed by atoms with E-state index in [1.54, 1.807) is 0 Å². The quantitative estimate of drug-likeness (QED) is 0.0609. The molecule has 5 aromatic carbocycles. The number of hydrogen-bond acceptors (Lipinski definition) is 30. The van der Waals surface area contributed by atoms with E-state index in [1.807, 2.05) is 0 Å². The number of esters is 12. The third kappa shape index (κ3) is 15.2. The maximum atomic E-state index is 13.7. The summed E-state index contributed by atoms with van der Waals surface area (Å²) in [5, 5.41) is 0. The molecule has 0 bridgehead atoms. The lowest BCUT2D eigenvalue weighted by Crippen LogP contribution is -2.34. The Morgan fingerprint density at radius 3 is 1.17 bits per heavy atom. The second kappa shape index (κ2) is 26.3. The van der Waals surface area contributed by atoms with Crippen molar-refractivity contribution < 1.29 is 143 Å². The molecule has 2 aliphatic heterocycles. The highest BCUT2D eigenvalue weighted by Crippen LogP contribution is 2.63. The Hall–Kier alpha value is -12.0. The van der Waals surface area contributed by atoms with Crippen molar-refractivity contribution in [2.24, 2.45) is 0 Å². The minimum atomic E-state index is -1.96. The third-order valence-electron chi connectivity index (χ3n) is 11.2. The van der Waals surface area contributed by atoms with Gasteiger partial charge in [0.2, 0.25) is 46.0 Å². The molecule has 0 amide bonds. The molecule has 0 N–H and O–H groups in total. The van der Waals surface area contributed by atoms with E-state index in [1.165, 1.54) is 0 Å². The molecule has 2 unspecified atom stereocenters. The molecule has 8 rings (SSSR count). The molecule has 90 heavy (non-hydrogen) atoms. The minimum absolute atomic E-state index is 0.239. The lowest BCUT2D eigenvalue weighted by Gasteiger charge is -2.36. The first-order valence-corrected chi connectivity index (χ1v) is 26.1. The molecule has 0 saturated carbocycles. The van der Waals surface area contributed by atoms with E-state index >= 15 is 0 Å². The van der Waals surface area contributed by atoms with Gasteiger partial charge < -0.3 is 85.3 Å². The minimum Gasteiger partial charge on any atom is -0.457 e. The summed E-state index contributed by atoms with van der Waals surface area (Å²) < 4.78 is 105. The van der Waals surface area contributed by atoms with Crippen molar-refractivity contribution in [3.63, 3.8) is 0 Å². The lowest BCUT2D eigenvalue weighted by atomic mass is 9.85. The number of hydrogen-bond donors (Lipinski definition) is 0. The second-order valence-electron chi connectivity index (χ2n) is 18.9. The van der Waals surface area contributed by atoms with Gasteiger partial charge in [-0.1, -0.05) is 0 Å². The number of carbonyl (C=O) groups excluding carboxylic acids is 12. The van der Waals surface area contributed by atoms with Crippen molar-refractivity contribution in [2.45, 2.75) is 95.1 Å². The maximum Gasteiger partial charge on any atom is 0.308 e. The summed E-state index contributed by atoms with van der Waals surface area (Å²) in [5.41, 5.74) is -0.512. The Labute approximate surface area is 506 Å². The molecule has 0 fully saturated rings. The second-order valence-corrected chi connectivity index (χ2v) is 18.9. The van der Waals surface area contributed by atoms with Gasteiger partial charge in [0.1, 0.15) is 46.4 Å². The van der Waals surface area contributed by atoms with E-state index in [4.69, 9.17) is 85.3 Å². The third-order valence-corrected chi connectivity index (χ3v) is 11.2. The summed E-state index contributed by atoms with van der Waals surface area (Å²) in [7, 11) is 0. The molecule has 30 nitrogen and oxygen atoms in total. The lowest BCUT2D eigenvalue weighted by molar-refractivity contribution is -0.146. The summed E-state index contributed by atoms with van der Waals surface area (Å²) in [6.45, 7) is 12.0. The first kappa shape index (κ1) is 64.0. The smallest absolute Gasteiger partial charge is 0.308 e. The Bertz CT molecular complexity index is 4000. The first-order valence-electron chi connectivity index (χ1n) is 26.1. The molecule has 3 aliphatic rings. The van der Waals surface area contributed by atoms with Crippen LogP contribution in [0.4, 0.5) is 0 Å². The Morgan fingerprint density at radius 1 is 0.311 bits per heavy atom. The average Bonchev–Trinajstić information content (AvgIpc) is 0.746. The van der Waals surface area contributed by atoms with Crippen molar-refractivity contribution in [1.82, 2.24) is 0 Å². The summed E-state index contributed by atoms with van der Waals surface area (Å²) in [5.74, 6) is -25.5. The van der Waals surface area contributed by atoms with Crippen molar-refractivity contribution in [3.8, 4) is 115 Å². The van der Waals surface area contributed by atoms with Gasteiger partial charge in [-0.05, 0) is 0 Å². The van der Waals surface area contributed by atoms with Gasteiger partial charge >= 0.3 is 71.6 Å². The van der Waals surface area contributed by atoms with Gasteiger partial charge in [0.15, 0.2) is 46.0 Å². The monoisotopic (exact) mass is 1250 g/mol. The van der Waals surface area contributed by atoms with Crippen LogP contribution in [0.2, 0.25) is 0 Å². The van der Waals surface area contributed by atoms with Crippen LogP contribution in [-0.4, -0.2) is 77.7 Å². The number of fused-ring (bicyclic) bond motifs is 4. The zero-order chi connectivity index (χ0) is 65.7. The number of carbonyl (C=O) groups is 12. The molecule has 0 radical (unpaired) electrons. The van der Waals surface area contributed by atoms with Crippen LogP contribution in [0.1, 0.15) is 94.6 Å². The Morgan fingerprint density at radius 2 is 0.689 bits per heavy atom. The fourth-order valence-electron chi connectivity index (χ4n) is 8.74. The van der Waals surface area contributed by atoms with Gasteiger partial charge in [0, 0.05) is 144 Å². The SMILES string of the molecule is CC(=O)OC1=C2Oc3c(c(OC(C)=O)cc(OC(C)=O)c3Oc3cc(OC(C)=O)cc(OC(C)=O)c3)OC2=CC(OC(C)=O)C1c1c(OC(C)=O)cc(OC(C)=O)cc1Oc1c(OC(C)=O)cc(OC(C)=O)c2c1Oc1c(OC(C)=O)cc(OC(C)=O)cc1O2. The zero-order valence-electron chi connectivity index (χ0n) is 49.2. The van der Waals surface area contributed by atoms with Gasteiger partial charge in [0.25, 0.3) is 0 Å². The predicted molar refractivity (Wildman–Crippen MR) is 292 cm³/mol. The fourth-order valence-corrected chi connectivity index (χ4v) is 8.74. The molecule has 1 aliphatic carbocycles. The van der Waals surface area contributed by atoms with Gasteiger partial charge in [0.05, 0.1) is 11.5 Å². The van der Waals surface area contributed by atoms with E-state index in [9.17, 15) is 57.5 Å². The Kier molecular flexibility index (Phi) is 18.7. The van der Waals surface area contributed by atoms with Crippen LogP contribution in [0.5, 0.6) is 115 Å². The van der Waals surface area contributed by atoms with Crippen molar-refractivity contribution in [2.75, 3.05) is 0 Å². The molecule has 0 saturated heterocycles. The van der Waals surface area contributed by atoms with Crippen LogP contribution in [-0.2, 0) is 67.0 Å². The van der Waals surface area contributed by atoms with Gasteiger partial charge in [-0.25, -0.2) is 0 Å². The summed E-state index contributed by atoms with van der Waals surface area (Å²) in [6.07, 6.45) is -0.773. The van der Waals surface area contributed by atoms with Gasteiger partial charge in [-0.3, -0.25) is 57.5 Å². The van der Waals surface area contributed by atoms with Crippen LogP contribution >= 0.6 is 0 Å². The highest BCUT2D eigenvalue weighted by Gasteiger charge is 2.48. The number of ether oxygens (including phenoxy) is 18. The van der Waals surface area contributed by atoms with Crippen molar-refractivity contribution in [1.29, 1.82) is 0 Å². The van der Waals surface area contributed by atoms with Crippen LogP contribution < -0.4 is 75.8 Å². The molecular weight excluding hydrogens is 1200 g/mol. The molecule has 2 heterocycles. The normalized spacial score (nSPS) is 13.8. The standard InChI is InChI=1S/C60H48O30/c1-23(61)73-35-13-36(74-24(2)62)15-37(14-35)85-54-45(80-30(8)68)21-47(82-32(10)70)56-59(54)90-53-49(88-56)20-42(78-28(6)66)51(58(53)84-34(12)72)50-40(77-27(5)65)16-38(75-25(3)63)17-41(50)86-55-46(81-31(9)69)22-48(83-33(11)71)57-60(55)89-52-43(79-29(7)67)18-39(76-26(4)64)19-44(52)87-57/h13-22,42,51H,1-12H3. The summed E-state index contributed by atoms with van der Waals surface area (Å²) in [6, 6.07) is 9.53. The molecular formula is C60H48O30. The summed E-state index contributed by atoms with van der Waals surface area (Å²) in [4.78, 5) is 154. The topological polar surface area (TPSA) is 371 Å². The highest BCUT2D eigenvalue weighted by molar-refractivity contribution is 5.84. The van der Waals surface area contributed by atoms with E-state index in [0.717, 1.165) is 144 Å². The van der Waals surface area contributed by atoms with E-state index < -0.39 is 193 Å². The van der Waals surface area contributed by atoms with Gasteiger partial charge in [-0.15, -0.1) is 0 Å². The van der Waals surface area contributed by atoms with Crippen molar-refractivity contribution >= 4 is 71.6 Å². The van der Waals surface area contributed by atoms with Crippen LogP contribution in [0.3, 0.4) is 0 Å². The number of benzene rings is 5. The molecule has 2 atom stereocenters. The van der Waals surface area contributed by atoms with Crippen LogP contribution in [0.25, 0.3) is 0 Å². The highest BCUT2D eigenvalue weighted by atomic mass is 16.6. The Balaban J connectivity index is 1.46. The molecule has 30 heteroatoms. The van der Waals surface area contributed by atoms with E-state index in [-0.39, 0.29) is 28.7 Å². The van der Waals surface area contributed by atoms with Crippen LogP contribution in [0, 0.1) is 0 Å². The number of rotatable bonds is 17. The van der Waals surface area contributed by atoms with E-state index in [2.05, 4.69) is 0 Å². The summed E-state index contributed by atoms with van der Waals surface area (Å²) >= 11 is 0. The molecule has 0 aromatic heterocycles. The molecule has 5 aromatic rings. The van der Waals surface area contributed by atoms with Crippen LogP contribution in [0.15, 0.2) is 78.0 Å². The first-order chi connectivity index (χ1) is 42.4. The predicted octanol–water partition coefficient (Wildman–Crippen LogP) is 8.58.